The minimum absolute atomic E-state index is 0.701. The van der Waals surface area contributed by atoms with Crippen molar-refractivity contribution >= 4 is 11.8 Å². The van der Waals surface area contributed by atoms with Gasteiger partial charge < -0.3 is 10.1 Å². The number of thioether (sulfide) groups is 1. The van der Waals surface area contributed by atoms with E-state index in [4.69, 9.17) is 4.74 Å². The fraction of sp³-hybridized carbons (Fsp3) is 0.538. The maximum absolute atomic E-state index is 5.37. The van der Waals surface area contributed by atoms with E-state index in [1.54, 1.807) is 7.11 Å². The lowest BCUT2D eigenvalue weighted by atomic mass is 10.3. The molecule has 1 saturated carbocycles. The number of para-hydroxylation sites is 1. The molecule has 88 valence electrons. The SMILES string of the molecule is CNC1CCC(Sc2ccccc2OC)C1. The second kappa shape index (κ2) is 5.60. The standard InChI is InChI=1S/C13H19NOS/c1-14-10-7-8-11(9-10)16-13-6-4-3-5-12(13)15-2/h3-6,10-11,14H,7-9H2,1-2H3. The van der Waals surface area contributed by atoms with Gasteiger partial charge in [-0.1, -0.05) is 12.1 Å². The van der Waals surface area contributed by atoms with Gasteiger partial charge in [0.1, 0.15) is 5.75 Å². The second-order valence-electron chi connectivity index (χ2n) is 4.19. The molecule has 2 atom stereocenters. The molecule has 1 aliphatic rings. The van der Waals surface area contributed by atoms with Crippen molar-refractivity contribution in [2.45, 2.75) is 35.4 Å². The van der Waals surface area contributed by atoms with Crippen LogP contribution in [0.25, 0.3) is 0 Å². The van der Waals surface area contributed by atoms with Crippen molar-refractivity contribution < 1.29 is 4.74 Å². The van der Waals surface area contributed by atoms with E-state index in [2.05, 4.69) is 24.5 Å². The Morgan fingerprint density at radius 3 is 2.81 bits per heavy atom. The summed E-state index contributed by atoms with van der Waals surface area (Å²) in [6.07, 6.45) is 3.86. The predicted molar refractivity (Wildman–Crippen MR) is 69.3 cm³/mol. The summed E-state index contributed by atoms with van der Waals surface area (Å²) in [6, 6.07) is 8.99. The number of hydrogen-bond donors (Lipinski definition) is 1. The normalized spacial score (nSPS) is 24.6. The molecule has 0 radical (unpaired) electrons. The molecule has 16 heavy (non-hydrogen) atoms. The first-order chi connectivity index (χ1) is 7.83. The molecule has 1 aliphatic carbocycles. The zero-order valence-corrected chi connectivity index (χ0v) is 10.7. The summed E-state index contributed by atoms with van der Waals surface area (Å²) >= 11 is 1.96. The third-order valence-electron chi connectivity index (χ3n) is 3.16. The molecule has 1 aromatic carbocycles. The number of nitrogens with one attached hydrogen (secondary N) is 1. The summed E-state index contributed by atoms with van der Waals surface area (Å²) in [5.74, 6) is 1.00. The summed E-state index contributed by atoms with van der Waals surface area (Å²) in [6.45, 7) is 0. The molecular formula is C13H19NOS. The van der Waals surface area contributed by atoms with E-state index < -0.39 is 0 Å². The molecule has 3 heteroatoms. The van der Waals surface area contributed by atoms with E-state index in [0.717, 1.165) is 11.0 Å². The lowest BCUT2D eigenvalue weighted by molar-refractivity contribution is 0.404. The molecule has 0 saturated heterocycles. The number of ether oxygens (including phenoxy) is 1. The van der Waals surface area contributed by atoms with Crippen LogP contribution in [0.15, 0.2) is 29.2 Å². The van der Waals surface area contributed by atoms with Crippen LogP contribution in [0.1, 0.15) is 19.3 Å². The number of benzene rings is 1. The fourth-order valence-electron chi connectivity index (χ4n) is 2.21. The first kappa shape index (κ1) is 11.8. The highest BCUT2D eigenvalue weighted by Gasteiger charge is 2.24. The van der Waals surface area contributed by atoms with Crippen molar-refractivity contribution in [3.63, 3.8) is 0 Å². The van der Waals surface area contributed by atoms with Gasteiger partial charge >= 0.3 is 0 Å². The number of hydrogen-bond acceptors (Lipinski definition) is 3. The Morgan fingerprint density at radius 2 is 2.12 bits per heavy atom. The lowest BCUT2D eigenvalue weighted by Crippen LogP contribution is -2.21. The van der Waals surface area contributed by atoms with Crippen LogP contribution in [0.5, 0.6) is 5.75 Å². The van der Waals surface area contributed by atoms with Gasteiger partial charge in [-0.2, -0.15) is 0 Å². The zero-order chi connectivity index (χ0) is 11.4. The van der Waals surface area contributed by atoms with Crippen LogP contribution in [-0.2, 0) is 0 Å². The van der Waals surface area contributed by atoms with Crippen molar-refractivity contribution in [2.75, 3.05) is 14.2 Å². The minimum atomic E-state index is 0.701. The quantitative estimate of drug-likeness (QED) is 0.870. The topological polar surface area (TPSA) is 21.3 Å². The van der Waals surface area contributed by atoms with Crippen LogP contribution < -0.4 is 10.1 Å². The van der Waals surface area contributed by atoms with E-state index in [9.17, 15) is 0 Å². The summed E-state index contributed by atoms with van der Waals surface area (Å²) < 4.78 is 5.37. The number of methoxy groups -OCH3 is 1. The van der Waals surface area contributed by atoms with Gasteiger partial charge in [0.25, 0.3) is 0 Å². The molecule has 1 N–H and O–H groups in total. The molecule has 0 heterocycles. The van der Waals surface area contributed by atoms with Crippen molar-refractivity contribution in [3.8, 4) is 5.75 Å². The van der Waals surface area contributed by atoms with Gasteiger partial charge in [0, 0.05) is 16.2 Å². The number of rotatable bonds is 4. The third-order valence-corrected chi connectivity index (χ3v) is 4.51. The van der Waals surface area contributed by atoms with Gasteiger partial charge in [-0.3, -0.25) is 0 Å². The van der Waals surface area contributed by atoms with Crippen molar-refractivity contribution in [1.82, 2.24) is 5.32 Å². The van der Waals surface area contributed by atoms with Crippen molar-refractivity contribution in [1.29, 1.82) is 0 Å². The summed E-state index contributed by atoms with van der Waals surface area (Å²) in [5, 5.41) is 4.09. The molecule has 0 spiro atoms. The van der Waals surface area contributed by atoms with Crippen LogP contribution in [0, 0.1) is 0 Å². The van der Waals surface area contributed by atoms with E-state index >= 15 is 0 Å². The molecule has 1 fully saturated rings. The Bertz CT molecular complexity index is 342. The van der Waals surface area contributed by atoms with Crippen LogP contribution in [0.2, 0.25) is 0 Å². The van der Waals surface area contributed by atoms with Crippen LogP contribution in [0.3, 0.4) is 0 Å². The highest BCUT2D eigenvalue weighted by atomic mass is 32.2. The average molecular weight is 237 g/mol. The Labute approximate surface area is 102 Å². The molecule has 2 nitrogen and oxygen atoms in total. The Hall–Kier alpha value is -0.670. The molecule has 2 rings (SSSR count). The van der Waals surface area contributed by atoms with Crippen molar-refractivity contribution in [3.05, 3.63) is 24.3 Å². The predicted octanol–water partition coefficient (Wildman–Crippen LogP) is 2.93. The summed E-state index contributed by atoms with van der Waals surface area (Å²) in [4.78, 5) is 1.27. The monoisotopic (exact) mass is 237 g/mol. The maximum Gasteiger partial charge on any atom is 0.132 e. The first-order valence-electron chi connectivity index (χ1n) is 5.80. The largest absolute Gasteiger partial charge is 0.496 e. The van der Waals surface area contributed by atoms with Gasteiger partial charge in [0.2, 0.25) is 0 Å². The lowest BCUT2D eigenvalue weighted by Gasteiger charge is -2.13. The summed E-state index contributed by atoms with van der Waals surface area (Å²) in [7, 11) is 3.80. The van der Waals surface area contributed by atoms with Gasteiger partial charge in [0.05, 0.1) is 7.11 Å². The molecule has 0 aliphatic heterocycles. The molecule has 0 bridgehead atoms. The molecule has 0 amide bonds. The Morgan fingerprint density at radius 1 is 1.31 bits per heavy atom. The maximum atomic E-state index is 5.37. The molecular weight excluding hydrogens is 218 g/mol. The Balaban J connectivity index is 1.99. The van der Waals surface area contributed by atoms with Crippen LogP contribution in [0.4, 0.5) is 0 Å². The van der Waals surface area contributed by atoms with Crippen LogP contribution in [-0.4, -0.2) is 25.4 Å². The van der Waals surface area contributed by atoms with E-state index in [1.807, 2.05) is 23.9 Å². The highest BCUT2D eigenvalue weighted by Crippen LogP contribution is 2.38. The highest BCUT2D eigenvalue weighted by molar-refractivity contribution is 8.00. The zero-order valence-electron chi connectivity index (χ0n) is 9.90. The van der Waals surface area contributed by atoms with E-state index in [-0.39, 0.29) is 0 Å². The van der Waals surface area contributed by atoms with Crippen molar-refractivity contribution in [2.24, 2.45) is 0 Å². The van der Waals surface area contributed by atoms with E-state index in [1.165, 1.54) is 24.2 Å². The second-order valence-corrected chi connectivity index (χ2v) is 5.53. The molecule has 1 aromatic rings. The van der Waals surface area contributed by atoms with Gasteiger partial charge in [0.15, 0.2) is 0 Å². The third kappa shape index (κ3) is 2.71. The van der Waals surface area contributed by atoms with Gasteiger partial charge in [-0.15, -0.1) is 11.8 Å². The summed E-state index contributed by atoms with van der Waals surface area (Å²) in [5.41, 5.74) is 0. The van der Waals surface area contributed by atoms with Gasteiger partial charge in [-0.05, 0) is 38.4 Å². The smallest absolute Gasteiger partial charge is 0.132 e. The minimum Gasteiger partial charge on any atom is -0.496 e. The molecule has 0 aromatic heterocycles. The Kier molecular flexibility index (Phi) is 4.13. The van der Waals surface area contributed by atoms with Crippen LogP contribution >= 0.6 is 11.8 Å². The first-order valence-corrected chi connectivity index (χ1v) is 6.68. The van der Waals surface area contributed by atoms with E-state index in [0.29, 0.717) is 6.04 Å². The fourth-order valence-corrected chi connectivity index (χ4v) is 3.57. The van der Waals surface area contributed by atoms with Gasteiger partial charge in [-0.25, -0.2) is 0 Å². The molecule has 2 unspecified atom stereocenters. The average Bonchev–Trinajstić information content (AvgIpc) is 2.77.